The Bertz CT molecular complexity index is 721. The van der Waals surface area contributed by atoms with Crippen molar-refractivity contribution in [3.8, 4) is 0 Å². The minimum absolute atomic E-state index is 0.135. The number of ether oxygens (including phenoxy) is 1. The van der Waals surface area contributed by atoms with Gasteiger partial charge in [-0.3, -0.25) is 9.59 Å². The van der Waals surface area contributed by atoms with Crippen LogP contribution >= 0.6 is 0 Å². The predicted molar refractivity (Wildman–Crippen MR) is 109 cm³/mol. The average molecular weight is 383 g/mol. The smallest absolute Gasteiger partial charge is 0.303 e. The maximum atomic E-state index is 12.6. The molecule has 28 heavy (non-hydrogen) atoms. The number of carboxylic acids is 1. The molecule has 3 rings (SSSR count). The molecule has 0 aliphatic carbocycles. The van der Waals surface area contributed by atoms with Gasteiger partial charge in [-0.2, -0.15) is 0 Å². The van der Waals surface area contributed by atoms with Gasteiger partial charge >= 0.3 is 5.97 Å². The van der Waals surface area contributed by atoms with Gasteiger partial charge in [0.25, 0.3) is 0 Å². The Morgan fingerprint density at radius 3 is 2.68 bits per heavy atom. The summed E-state index contributed by atoms with van der Waals surface area (Å²) in [5.41, 5.74) is 1.04. The summed E-state index contributed by atoms with van der Waals surface area (Å²) in [6.45, 7) is 1.96. The van der Waals surface area contributed by atoms with Crippen LogP contribution in [0.1, 0.15) is 56.9 Å². The summed E-state index contributed by atoms with van der Waals surface area (Å²) in [7, 11) is 0. The lowest BCUT2D eigenvalue weighted by molar-refractivity contribution is -0.137. The molecule has 1 aromatic rings. The number of carbonyl (C=O) groups excluding carboxylic acids is 1. The number of allylic oxidation sites excluding steroid dienone is 3. The summed E-state index contributed by atoms with van der Waals surface area (Å²) in [6.07, 6.45) is 13.4. The van der Waals surface area contributed by atoms with Crippen LogP contribution in [-0.4, -0.2) is 29.1 Å². The molecule has 1 aromatic carbocycles. The fraction of sp³-hybridized carbons (Fsp3) is 0.500. The fourth-order valence-electron chi connectivity index (χ4n) is 4.39. The first-order valence-corrected chi connectivity index (χ1v) is 10.4. The number of rotatable bonds is 10. The van der Waals surface area contributed by atoms with Gasteiger partial charge in [-0.15, -0.1) is 0 Å². The van der Waals surface area contributed by atoms with E-state index in [1.165, 1.54) is 0 Å². The molecule has 2 fully saturated rings. The van der Waals surface area contributed by atoms with Gasteiger partial charge in [0, 0.05) is 18.3 Å². The monoisotopic (exact) mass is 382 g/mol. The summed E-state index contributed by atoms with van der Waals surface area (Å²) in [4.78, 5) is 23.2. The van der Waals surface area contributed by atoms with Crippen LogP contribution in [0.15, 0.2) is 54.6 Å². The molecule has 0 spiro atoms. The molecule has 2 saturated heterocycles. The van der Waals surface area contributed by atoms with E-state index in [2.05, 4.69) is 18.2 Å². The molecule has 2 aliphatic rings. The zero-order valence-electron chi connectivity index (χ0n) is 16.5. The third-order valence-corrected chi connectivity index (χ3v) is 6.03. The van der Waals surface area contributed by atoms with Crippen molar-refractivity contribution in [3.63, 3.8) is 0 Å². The van der Waals surface area contributed by atoms with E-state index in [9.17, 15) is 9.59 Å². The lowest BCUT2D eigenvalue weighted by Gasteiger charge is -2.24. The lowest BCUT2D eigenvalue weighted by Crippen LogP contribution is -2.25. The molecule has 4 nitrogen and oxygen atoms in total. The minimum Gasteiger partial charge on any atom is -0.481 e. The first-order valence-electron chi connectivity index (χ1n) is 10.4. The van der Waals surface area contributed by atoms with E-state index in [0.29, 0.717) is 12.3 Å². The molecule has 2 aliphatic heterocycles. The Balaban J connectivity index is 1.55. The Morgan fingerprint density at radius 2 is 1.93 bits per heavy atom. The normalized spacial score (nSPS) is 27.6. The molecule has 0 aromatic heterocycles. The quantitative estimate of drug-likeness (QED) is 0.355. The molecule has 0 saturated carbocycles. The van der Waals surface area contributed by atoms with Gasteiger partial charge in [-0.25, -0.2) is 0 Å². The van der Waals surface area contributed by atoms with E-state index in [4.69, 9.17) is 9.84 Å². The third-order valence-electron chi connectivity index (χ3n) is 6.03. The van der Waals surface area contributed by atoms with Crippen LogP contribution in [-0.2, 0) is 14.3 Å². The topological polar surface area (TPSA) is 63.6 Å². The van der Waals surface area contributed by atoms with E-state index >= 15 is 0 Å². The molecule has 4 heteroatoms. The zero-order valence-corrected chi connectivity index (χ0v) is 16.5. The average Bonchev–Trinajstić information content (AvgIpc) is 3.30. The number of hydrogen-bond donors (Lipinski definition) is 1. The van der Waals surface area contributed by atoms with Crippen LogP contribution in [0.25, 0.3) is 0 Å². The Hall–Kier alpha value is -2.20. The van der Waals surface area contributed by atoms with Crippen LogP contribution in [0.4, 0.5) is 0 Å². The molecule has 2 bridgehead atoms. The third kappa shape index (κ3) is 5.20. The Labute approximate surface area is 167 Å². The number of carbonyl (C=O) groups is 2. The summed E-state index contributed by atoms with van der Waals surface area (Å²) < 4.78 is 6.11. The molecule has 1 N–H and O–H groups in total. The van der Waals surface area contributed by atoms with Gasteiger partial charge in [-0.1, -0.05) is 55.5 Å². The number of unbranched alkanes of at least 4 members (excludes halogenated alkanes) is 1. The molecule has 1 unspecified atom stereocenters. The van der Waals surface area contributed by atoms with Crippen molar-refractivity contribution < 1.29 is 19.4 Å². The van der Waals surface area contributed by atoms with E-state index < -0.39 is 5.97 Å². The van der Waals surface area contributed by atoms with Crippen molar-refractivity contribution in [1.29, 1.82) is 0 Å². The Morgan fingerprint density at radius 1 is 1.18 bits per heavy atom. The van der Waals surface area contributed by atoms with Crippen LogP contribution in [0.5, 0.6) is 0 Å². The van der Waals surface area contributed by atoms with Gasteiger partial charge in [0.1, 0.15) is 0 Å². The van der Waals surface area contributed by atoms with Gasteiger partial charge in [0.05, 0.1) is 12.2 Å². The molecule has 150 valence electrons. The highest BCUT2D eigenvalue weighted by Gasteiger charge is 2.46. The molecule has 0 radical (unpaired) electrons. The maximum Gasteiger partial charge on any atom is 0.303 e. The van der Waals surface area contributed by atoms with Crippen LogP contribution < -0.4 is 0 Å². The predicted octanol–water partition coefficient (Wildman–Crippen LogP) is 4.91. The van der Waals surface area contributed by atoms with Crippen molar-refractivity contribution in [2.75, 3.05) is 0 Å². The maximum absolute atomic E-state index is 12.6. The fourth-order valence-corrected chi connectivity index (χ4v) is 4.39. The molecule has 5 atom stereocenters. The number of fused-ring (bicyclic) bond motifs is 2. The van der Waals surface area contributed by atoms with E-state index in [1.807, 2.05) is 37.3 Å². The summed E-state index contributed by atoms with van der Waals surface area (Å²) in [5.74, 6) is -0.0455. The largest absolute Gasteiger partial charge is 0.481 e. The molecule has 0 amide bonds. The van der Waals surface area contributed by atoms with E-state index in [0.717, 1.165) is 31.2 Å². The van der Waals surface area contributed by atoms with Crippen LogP contribution in [0, 0.1) is 11.8 Å². The minimum atomic E-state index is -0.741. The number of carboxylic acid groups (broad SMARTS) is 1. The second-order valence-electron chi connectivity index (χ2n) is 7.92. The van der Waals surface area contributed by atoms with E-state index in [-0.39, 0.29) is 36.2 Å². The van der Waals surface area contributed by atoms with Crippen molar-refractivity contribution >= 4 is 11.8 Å². The Kier molecular flexibility index (Phi) is 7.21. The standard InChI is InChI=1S/C24H30O4/c1-17(18-9-5-4-6-10-18)21(25)14-13-20-19(22-15-16-23(20)28-22)11-7-2-3-8-12-24(26)27/h2,4-7,9-10,13-14,17,19-20,22-23H,3,8,11-12,15-16H2,1H3,(H,26,27)/t17?,19-,20+,22-,23+/m0/s1. The highest BCUT2D eigenvalue weighted by molar-refractivity contribution is 5.95. The summed E-state index contributed by atoms with van der Waals surface area (Å²) in [6, 6.07) is 9.88. The first kappa shape index (κ1) is 20.5. The van der Waals surface area contributed by atoms with Crippen molar-refractivity contribution in [3.05, 3.63) is 60.2 Å². The summed E-state index contributed by atoms with van der Waals surface area (Å²) in [5, 5.41) is 8.69. The van der Waals surface area contributed by atoms with Crippen LogP contribution in [0.2, 0.25) is 0 Å². The van der Waals surface area contributed by atoms with Gasteiger partial charge in [0.2, 0.25) is 0 Å². The number of hydrogen-bond acceptors (Lipinski definition) is 3. The number of ketones is 1. The number of aliphatic carboxylic acids is 1. The van der Waals surface area contributed by atoms with Crippen molar-refractivity contribution in [2.24, 2.45) is 11.8 Å². The SMILES string of the molecule is CC(C(=O)C=C[C@@H]1[C@H](CC=CCCCC(=O)O)[C@@H]2CC[C@H]1O2)c1ccccc1. The molecule has 2 heterocycles. The molecular formula is C24H30O4. The highest BCUT2D eigenvalue weighted by atomic mass is 16.5. The van der Waals surface area contributed by atoms with Gasteiger partial charge < -0.3 is 9.84 Å². The van der Waals surface area contributed by atoms with Crippen molar-refractivity contribution in [2.45, 2.75) is 63.6 Å². The van der Waals surface area contributed by atoms with Crippen LogP contribution in [0.3, 0.4) is 0 Å². The van der Waals surface area contributed by atoms with Gasteiger partial charge in [0.15, 0.2) is 5.78 Å². The van der Waals surface area contributed by atoms with E-state index in [1.54, 1.807) is 6.08 Å². The highest BCUT2D eigenvalue weighted by Crippen LogP contribution is 2.45. The molecular weight excluding hydrogens is 352 g/mol. The second kappa shape index (κ2) is 9.83. The second-order valence-corrected chi connectivity index (χ2v) is 7.92. The zero-order chi connectivity index (χ0) is 19.9. The summed E-state index contributed by atoms with van der Waals surface area (Å²) >= 11 is 0. The first-order chi connectivity index (χ1) is 13.6. The van der Waals surface area contributed by atoms with Crippen molar-refractivity contribution in [1.82, 2.24) is 0 Å². The lowest BCUT2D eigenvalue weighted by atomic mass is 9.77. The van der Waals surface area contributed by atoms with Gasteiger partial charge in [-0.05, 0) is 49.7 Å². The number of benzene rings is 1.